The number of amides is 1. The summed E-state index contributed by atoms with van der Waals surface area (Å²) in [6.07, 6.45) is 0.983. The lowest BCUT2D eigenvalue weighted by Crippen LogP contribution is -2.35. The Morgan fingerprint density at radius 2 is 2.29 bits per heavy atom. The summed E-state index contributed by atoms with van der Waals surface area (Å²) in [5.74, 6) is 2.80. The number of aromatic amines is 1. The maximum atomic E-state index is 12.2. The van der Waals surface area contributed by atoms with E-state index in [0.717, 1.165) is 42.5 Å². The molecular formula is C17H23N5O2. The van der Waals surface area contributed by atoms with E-state index in [-0.39, 0.29) is 5.91 Å². The zero-order valence-electron chi connectivity index (χ0n) is 14.1. The number of likely N-dealkylation sites (tertiary alicyclic amines) is 1. The molecule has 1 aliphatic rings. The van der Waals surface area contributed by atoms with Crippen molar-refractivity contribution < 1.29 is 9.53 Å². The number of carbonyl (C=O) groups is 1. The highest BCUT2D eigenvalue weighted by molar-refractivity contribution is 5.78. The van der Waals surface area contributed by atoms with Gasteiger partial charge in [0.1, 0.15) is 11.6 Å². The van der Waals surface area contributed by atoms with Crippen LogP contribution in [0.3, 0.4) is 0 Å². The summed E-state index contributed by atoms with van der Waals surface area (Å²) in [6.45, 7) is 4.48. The molecule has 128 valence electrons. The topological polar surface area (TPSA) is 83.1 Å². The Hall–Kier alpha value is -2.41. The van der Waals surface area contributed by atoms with Gasteiger partial charge < -0.3 is 10.1 Å². The molecule has 1 aliphatic heterocycles. The Morgan fingerprint density at radius 3 is 3.04 bits per heavy atom. The first kappa shape index (κ1) is 16.4. The van der Waals surface area contributed by atoms with Crippen molar-refractivity contribution in [3.63, 3.8) is 0 Å². The van der Waals surface area contributed by atoms with Crippen LogP contribution in [0.1, 0.15) is 29.6 Å². The average Bonchev–Trinajstić information content (AvgIpc) is 3.22. The molecule has 7 nitrogen and oxygen atoms in total. The number of rotatable bonds is 6. The zero-order valence-corrected chi connectivity index (χ0v) is 14.1. The Bertz CT molecular complexity index is 700. The lowest BCUT2D eigenvalue weighted by atomic mass is 10.1. The smallest absolute Gasteiger partial charge is 0.234 e. The molecule has 1 aromatic carbocycles. The number of hydrogen-bond acceptors (Lipinski definition) is 5. The number of H-pyrrole nitrogens is 1. The number of aryl methyl sites for hydroxylation is 1. The van der Waals surface area contributed by atoms with Gasteiger partial charge >= 0.3 is 0 Å². The summed E-state index contributed by atoms with van der Waals surface area (Å²) in [7, 11) is 1.63. The van der Waals surface area contributed by atoms with Crippen LogP contribution in [0.2, 0.25) is 0 Å². The first-order chi connectivity index (χ1) is 11.7. The second kappa shape index (κ2) is 7.44. The fraction of sp³-hybridized carbons (Fsp3) is 0.471. The Balaban J connectivity index is 1.47. The number of nitrogens with zero attached hydrogens (tertiary/aromatic N) is 3. The molecule has 1 atom stereocenters. The summed E-state index contributed by atoms with van der Waals surface area (Å²) in [4.78, 5) is 18.7. The van der Waals surface area contributed by atoms with Gasteiger partial charge in [-0.15, -0.1) is 0 Å². The minimum absolute atomic E-state index is 0.0210. The lowest BCUT2D eigenvalue weighted by Gasteiger charge is -2.15. The maximum Gasteiger partial charge on any atom is 0.234 e. The Kier molecular flexibility index (Phi) is 5.10. The van der Waals surface area contributed by atoms with Gasteiger partial charge in [0.2, 0.25) is 5.91 Å². The van der Waals surface area contributed by atoms with Crippen LogP contribution in [-0.2, 0) is 11.3 Å². The third-order valence-corrected chi connectivity index (χ3v) is 4.29. The molecule has 1 aromatic heterocycles. The second-order valence-electron chi connectivity index (χ2n) is 6.09. The summed E-state index contributed by atoms with van der Waals surface area (Å²) in [5, 5.41) is 10.1. The molecular weight excluding hydrogens is 306 g/mol. The van der Waals surface area contributed by atoms with E-state index in [2.05, 4.69) is 25.4 Å². The highest BCUT2D eigenvalue weighted by Crippen LogP contribution is 2.24. The Morgan fingerprint density at radius 1 is 1.46 bits per heavy atom. The van der Waals surface area contributed by atoms with Gasteiger partial charge in [-0.3, -0.25) is 14.8 Å². The molecule has 0 aliphatic carbocycles. The van der Waals surface area contributed by atoms with E-state index in [1.807, 2.05) is 31.2 Å². The van der Waals surface area contributed by atoms with E-state index in [4.69, 9.17) is 4.74 Å². The molecule has 2 N–H and O–H groups in total. The number of aromatic nitrogens is 3. The third-order valence-electron chi connectivity index (χ3n) is 4.29. The van der Waals surface area contributed by atoms with Crippen LogP contribution >= 0.6 is 0 Å². The molecule has 1 amide bonds. The van der Waals surface area contributed by atoms with E-state index >= 15 is 0 Å². The first-order valence-electron chi connectivity index (χ1n) is 8.15. The Labute approximate surface area is 141 Å². The van der Waals surface area contributed by atoms with Crippen LogP contribution in [0.15, 0.2) is 24.3 Å². The average molecular weight is 329 g/mol. The normalized spacial score (nSPS) is 17.8. The number of para-hydroxylation sites is 1. The van der Waals surface area contributed by atoms with Crippen molar-refractivity contribution >= 4 is 5.91 Å². The van der Waals surface area contributed by atoms with Crippen molar-refractivity contribution in [3.05, 3.63) is 41.5 Å². The molecule has 7 heteroatoms. The number of nitrogens with one attached hydrogen (secondary N) is 2. The quantitative estimate of drug-likeness (QED) is 0.833. The monoisotopic (exact) mass is 329 g/mol. The van der Waals surface area contributed by atoms with Crippen LogP contribution in [0, 0.1) is 6.92 Å². The highest BCUT2D eigenvalue weighted by Gasteiger charge is 2.27. The van der Waals surface area contributed by atoms with Crippen molar-refractivity contribution in [2.75, 3.05) is 26.7 Å². The molecule has 1 unspecified atom stereocenters. The summed E-state index contributed by atoms with van der Waals surface area (Å²) in [5.41, 5.74) is 0.976. The number of ether oxygens (including phenoxy) is 1. The van der Waals surface area contributed by atoms with Crippen LogP contribution in [-0.4, -0.2) is 52.7 Å². The standard InChI is InChI=1S/C17H23N5O2/c1-12-19-17(21-20-12)14-7-8-22(10-14)11-16(23)18-9-13-5-3-4-6-15(13)24-2/h3-6,14H,7-11H2,1-2H3,(H,18,23)(H,19,20,21). The molecule has 0 saturated carbocycles. The van der Waals surface area contributed by atoms with Gasteiger partial charge in [0.15, 0.2) is 5.82 Å². The van der Waals surface area contributed by atoms with Gasteiger partial charge in [-0.2, -0.15) is 5.10 Å². The molecule has 2 aromatic rings. The van der Waals surface area contributed by atoms with Crippen LogP contribution in [0.4, 0.5) is 0 Å². The fourth-order valence-electron chi connectivity index (χ4n) is 3.03. The van der Waals surface area contributed by atoms with Gasteiger partial charge in [-0.25, -0.2) is 4.98 Å². The zero-order chi connectivity index (χ0) is 16.9. The van der Waals surface area contributed by atoms with Crippen LogP contribution in [0.5, 0.6) is 5.75 Å². The first-order valence-corrected chi connectivity index (χ1v) is 8.15. The van der Waals surface area contributed by atoms with Gasteiger partial charge in [0, 0.05) is 24.6 Å². The molecule has 1 saturated heterocycles. The van der Waals surface area contributed by atoms with Gasteiger partial charge in [0.05, 0.1) is 13.7 Å². The molecule has 3 rings (SSSR count). The SMILES string of the molecule is COc1ccccc1CNC(=O)CN1CCC(c2n[nH]c(C)n2)C1. The van der Waals surface area contributed by atoms with E-state index in [9.17, 15) is 4.79 Å². The largest absolute Gasteiger partial charge is 0.496 e. The van der Waals surface area contributed by atoms with Crippen molar-refractivity contribution in [3.8, 4) is 5.75 Å². The van der Waals surface area contributed by atoms with Crippen LogP contribution in [0.25, 0.3) is 0 Å². The van der Waals surface area contributed by atoms with Crippen molar-refractivity contribution in [2.24, 2.45) is 0 Å². The summed E-state index contributed by atoms with van der Waals surface area (Å²) >= 11 is 0. The van der Waals surface area contributed by atoms with Gasteiger partial charge in [-0.1, -0.05) is 18.2 Å². The number of carbonyl (C=O) groups excluding carboxylic acids is 1. The maximum absolute atomic E-state index is 12.2. The number of hydrogen-bond donors (Lipinski definition) is 2. The van der Waals surface area contributed by atoms with Crippen LogP contribution < -0.4 is 10.1 Å². The number of methoxy groups -OCH3 is 1. The minimum Gasteiger partial charge on any atom is -0.496 e. The molecule has 2 heterocycles. The van der Waals surface area contributed by atoms with E-state index in [1.165, 1.54) is 0 Å². The van der Waals surface area contributed by atoms with Gasteiger partial charge in [0.25, 0.3) is 0 Å². The highest BCUT2D eigenvalue weighted by atomic mass is 16.5. The minimum atomic E-state index is 0.0210. The summed E-state index contributed by atoms with van der Waals surface area (Å²) < 4.78 is 5.30. The van der Waals surface area contributed by atoms with Crippen molar-refractivity contribution in [2.45, 2.75) is 25.8 Å². The predicted molar refractivity (Wildman–Crippen MR) is 89.8 cm³/mol. The summed E-state index contributed by atoms with van der Waals surface area (Å²) in [6, 6.07) is 7.70. The predicted octanol–water partition coefficient (Wildman–Crippen LogP) is 1.23. The number of benzene rings is 1. The second-order valence-corrected chi connectivity index (χ2v) is 6.09. The van der Waals surface area contributed by atoms with Gasteiger partial charge in [-0.05, 0) is 26.0 Å². The molecule has 0 radical (unpaired) electrons. The van der Waals surface area contributed by atoms with Crippen molar-refractivity contribution in [1.82, 2.24) is 25.4 Å². The third kappa shape index (κ3) is 3.91. The fourth-order valence-corrected chi connectivity index (χ4v) is 3.03. The molecule has 0 spiro atoms. The lowest BCUT2D eigenvalue weighted by molar-refractivity contribution is -0.122. The molecule has 1 fully saturated rings. The van der Waals surface area contributed by atoms with Crippen molar-refractivity contribution in [1.29, 1.82) is 0 Å². The van der Waals surface area contributed by atoms with E-state index < -0.39 is 0 Å². The van der Waals surface area contributed by atoms with E-state index in [0.29, 0.717) is 19.0 Å². The van der Waals surface area contributed by atoms with E-state index in [1.54, 1.807) is 7.11 Å². The molecule has 0 bridgehead atoms. The molecule has 24 heavy (non-hydrogen) atoms.